The van der Waals surface area contributed by atoms with Crippen molar-refractivity contribution in [2.24, 2.45) is 0 Å². The smallest absolute Gasteiger partial charge is 0.319 e. The van der Waals surface area contributed by atoms with Crippen LogP contribution in [0.1, 0.15) is 32.0 Å². The zero-order chi connectivity index (χ0) is 30.8. The quantitative estimate of drug-likeness (QED) is 0.283. The zero-order valence-electron chi connectivity index (χ0n) is 25.1. The monoisotopic (exact) mass is 592 g/mol. The second-order valence-corrected chi connectivity index (χ2v) is 11.3. The lowest BCUT2D eigenvalue weighted by Gasteiger charge is -2.40. The van der Waals surface area contributed by atoms with Gasteiger partial charge in [0.05, 0.1) is 24.2 Å². The molecule has 1 unspecified atom stereocenters. The average molecular weight is 593 g/mol. The molecule has 1 amide bonds. The van der Waals surface area contributed by atoms with Gasteiger partial charge in [-0.05, 0) is 44.0 Å². The molecule has 11 heteroatoms. The highest BCUT2D eigenvalue weighted by atomic mass is 16.5. The van der Waals surface area contributed by atoms with Crippen LogP contribution >= 0.6 is 0 Å². The van der Waals surface area contributed by atoms with Gasteiger partial charge < -0.3 is 19.4 Å². The van der Waals surface area contributed by atoms with E-state index in [-0.39, 0.29) is 41.5 Å². The minimum atomic E-state index is -0.373. The highest BCUT2D eigenvalue weighted by molar-refractivity contribution is 5.92. The predicted molar refractivity (Wildman–Crippen MR) is 169 cm³/mol. The van der Waals surface area contributed by atoms with Crippen LogP contribution in [0, 0.1) is 11.3 Å². The molecule has 0 spiro atoms. The van der Waals surface area contributed by atoms with Gasteiger partial charge in [-0.2, -0.15) is 15.2 Å². The van der Waals surface area contributed by atoms with Crippen LogP contribution in [0.25, 0.3) is 27.5 Å². The van der Waals surface area contributed by atoms with E-state index < -0.39 is 0 Å². The molecule has 0 bridgehead atoms. The Morgan fingerprint density at radius 3 is 2.66 bits per heavy atom. The Labute approximate surface area is 256 Å². The first kappa shape index (κ1) is 29.3. The van der Waals surface area contributed by atoms with Gasteiger partial charge in [-0.25, -0.2) is 4.98 Å². The van der Waals surface area contributed by atoms with E-state index in [4.69, 9.17) is 14.7 Å². The summed E-state index contributed by atoms with van der Waals surface area (Å²) in [6, 6.07) is 16.0. The molecule has 2 fully saturated rings. The fourth-order valence-electron chi connectivity index (χ4n) is 6.35. The van der Waals surface area contributed by atoms with Crippen molar-refractivity contribution in [1.29, 1.82) is 5.26 Å². The number of nitriles is 1. The number of likely N-dealkylation sites (tertiary alicyclic amines) is 1. The van der Waals surface area contributed by atoms with Gasteiger partial charge in [0, 0.05) is 37.5 Å². The third-order valence-corrected chi connectivity index (χ3v) is 8.72. The van der Waals surface area contributed by atoms with E-state index in [1.54, 1.807) is 9.47 Å². The Balaban J connectivity index is 1.51. The molecule has 0 saturated carbocycles. The fourth-order valence-corrected chi connectivity index (χ4v) is 6.35. The second kappa shape index (κ2) is 12.4. The van der Waals surface area contributed by atoms with Crippen LogP contribution in [0.3, 0.4) is 0 Å². The van der Waals surface area contributed by atoms with Gasteiger partial charge >= 0.3 is 6.01 Å². The largest absolute Gasteiger partial charge is 0.462 e. The minimum Gasteiger partial charge on any atom is -0.462 e. The summed E-state index contributed by atoms with van der Waals surface area (Å²) in [6.45, 7) is 8.16. The van der Waals surface area contributed by atoms with E-state index in [9.17, 15) is 14.9 Å². The number of aryl methyl sites for hydroxylation is 1. The summed E-state index contributed by atoms with van der Waals surface area (Å²) in [4.78, 5) is 47.4. The second-order valence-electron chi connectivity index (χ2n) is 11.3. The van der Waals surface area contributed by atoms with E-state index in [2.05, 4.69) is 29.6 Å². The first-order valence-electron chi connectivity index (χ1n) is 15.1. The van der Waals surface area contributed by atoms with Crippen molar-refractivity contribution in [1.82, 2.24) is 29.3 Å². The third-order valence-electron chi connectivity index (χ3n) is 8.72. The Hall–Kier alpha value is -4.82. The predicted octanol–water partition coefficient (Wildman–Crippen LogP) is 3.48. The van der Waals surface area contributed by atoms with Crippen molar-refractivity contribution in [2.45, 2.75) is 44.7 Å². The van der Waals surface area contributed by atoms with E-state index in [0.29, 0.717) is 49.8 Å². The molecule has 4 aromatic rings. The van der Waals surface area contributed by atoms with Gasteiger partial charge in [0.2, 0.25) is 5.91 Å². The molecule has 44 heavy (non-hydrogen) atoms. The normalized spacial score (nSPS) is 18.9. The van der Waals surface area contributed by atoms with E-state index in [1.807, 2.05) is 54.3 Å². The molecular weight excluding hydrogens is 556 g/mol. The van der Waals surface area contributed by atoms with Crippen molar-refractivity contribution in [3.05, 3.63) is 71.3 Å². The molecule has 11 nitrogen and oxygen atoms in total. The van der Waals surface area contributed by atoms with Gasteiger partial charge in [-0.3, -0.25) is 14.2 Å². The molecule has 6 rings (SSSR count). The SMILES string of the molecule is C=CC(=O)N1CCN(c2nc(OCC3CCCN3C)nc3c(=O)n(-c4cccc5ccccc45)c(CC)nc23)C[C@@H]1CC#N. The van der Waals surface area contributed by atoms with Crippen LogP contribution in [0.15, 0.2) is 59.9 Å². The number of fused-ring (bicyclic) bond motifs is 2. The van der Waals surface area contributed by atoms with E-state index in [0.717, 1.165) is 35.8 Å². The third kappa shape index (κ3) is 5.37. The molecule has 2 saturated heterocycles. The summed E-state index contributed by atoms with van der Waals surface area (Å²) in [5.74, 6) is 0.834. The summed E-state index contributed by atoms with van der Waals surface area (Å²) in [5, 5.41) is 11.5. The van der Waals surface area contributed by atoms with Crippen LogP contribution < -0.4 is 15.2 Å². The first-order valence-corrected chi connectivity index (χ1v) is 15.1. The van der Waals surface area contributed by atoms with Crippen LogP contribution in [0.4, 0.5) is 5.82 Å². The molecule has 2 aliphatic rings. The molecule has 0 radical (unpaired) electrons. The molecule has 0 N–H and O–H groups in total. The molecule has 226 valence electrons. The summed E-state index contributed by atoms with van der Waals surface area (Å²) < 4.78 is 7.83. The molecule has 0 aliphatic carbocycles. The minimum absolute atomic E-state index is 0.113. The number of anilines is 1. The van der Waals surface area contributed by atoms with E-state index in [1.165, 1.54) is 6.08 Å². The van der Waals surface area contributed by atoms with Crippen molar-refractivity contribution in [2.75, 3.05) is 44.7 Å². The number of carbonyl (C=O) groups is 1. The number of hydrogen-bond donors (Lipinski definition) is 0. The van der Waals surface area contributed by atoms with Gasteiger partial charge in [0.1, 0.15) is 17.9 Å². The first-order chi connectivity index (χ1) is 21.4. The maximum atomic E-state index is 14.4. The summed E-state index contributed by atoms with van der Waals surface area (Å²) in [6.07, 6.45) is 4.04. The van der Waals surface area contributed by atoms with Gasteiger partial charge in [-0.1, -0.05) is 49.9 Å². The van der Waals surface area contributed by atoms with Crippen LogP contribution in [-0.4, -0.2) is 87.1 Å². The van der Waals surface area contributed by atoms with Crippen LogP contribution in [0.2, 0.25) is 0 Å². The number of aromatic nitrogens is 4. The number of amides is 1. The van der Waals surface area contributed by atoms with Crippen molar-refractivity contribution in [3.8, 4) is 17.8 Å². The zero-order valence-corrected chi connectivity index (χ0v) is 25.1. The van der Waals surface area contributed by atoms with Crippen molar-refractivity contribution >= 4 is 33.5 Å². The highest BCUT2D eigenvalue weighted by Gasteiger charge is 2.32. The number of rotatable bonds is 8. The molecule has 4 heterocycles. The van der Waals surface area contributed by atoms with Gasteiger partial charge in [-0.15, -0.1) is 0 Å². The maximum absolute atomic E-state index is 14.4. The van der Waals surface area contributed by atoms with Crippen molar-refractivity contribution < 1.29 is 9.53 Å². The lowest BCUT2D eigenvalue weighted by Crippen LogP contribution is -2.55. The van der Waals surface area contributed by atoms with Gasteiger partial charge in [0.25, 0.3) is 5.56 Å². The lowest BCUT2D eigenvalue weighted by molar-refractivity contribution is -0.128. The number of carbonyl (C=O) groups excluding carboxylic acids is 1. The molecular formula is C33H36N8O3. The summed E-state index contributed by atoms with van der Waals surface area (Å²) in [7, 11) is 2.08. The molecule has 2 atom stereocenters. The van der Waals surface area contributed by atoms with Gasteiger partial charge in [0.15, 0.2) is 11.3 Å². The highest BCUT2D eigenvalue weighted by Crippen LogP contribution is 2.29. The number of ether oxygens (including phenoxy) is 1. The molecule has 2 aromatic carbocycles. The number of piperazine rings is 1. The number of nitrogens with zero attached hydrogens (tertiary/aromatic N) is 8. The maximum Gasteiger partial charge on any atom is 0.319 e. The van der Waals surface area contributed by atoms with Crippen molar-refractivity contribution in [3.63, 3.8) is 0 Å². The Kier molecular flexibility index (Phi) is 8.26. The standard InChI is InChI=1S/C33H36N8O3/c1-4-27-35-29-30(32(43)41(27)26-14-8-11-22-10-6-7-13-25(22)26)36-33(44-21-24-12-9-17-38(24)3)37-31(29)39-18-19-40(28(42)5-2)23(20-39)15-16-34/h5-8,10-11,13-14,23-24H,2,4,9,12,15,17-21H2,1,3H3/t23-,24?/m0/s1. The summed E-state index contributed by atoms with van der Waals surface area (Å²) in [5.41, 5.74) is 0.980. The molecule has 2 aliphatic heterocycles. The number of benzene rings is 2. The summed E-state index contributed by atoms with van der Waals surface area (Å²) >= 11 is 0. The number of hydrogen-bond acceptors (Lipinski definition) is 9. The van der Waals surface area contributed by atoms with E-state index >= 15 is 0 Å². The van der Waals surface area contributed by atoms with Crippen LogP contribution in [0.5, 0.6) is 6.01 Å². The fraction of sp³-hybridized carbons (Fsp3) is 0.394. The Morgan fingerprint density at radius 1 is 1.09 bits per heavy atom. The molecule has 2 aromatic heterocycles. The topological polar surface area (TPSA) is 120 Å². The Bertz CT molecular complexity index is 1820. The average Bonchev–Trinajstić information content (AvgIpc) is 3.47. The number of likely N-dealkylation sites (N-methyl/N-ethyl adjacent to an activating group) is 1. The Morgan fingerprint density at radius 2 is 1.91 bits per heavy atom. The van der Waals surface area contributed by atoms with Crippen LogP contribution in [-0.2, 0) is 11.2 Å². The lowest BCUT2D eigenvalue weighted by atomic mass is 10.1.